The molecule has 0 bridgehead atoms. The molecule has 170 valence electrons. The van der Waals surface area contributed by atoms with Gasteiger partial charge in [0, 0.05) is 19.7 Å². The van der Waals surface area contributed by atoms with Crippen LogP contribution in [0, 0.1) is 0 Å². The fraction of sp³-hybridized carbons (Fsp3) is 0. The zero-order valence-electron chi connectivity index (χ0n) is 18.7. The van der Waals surface area contributed by atoms with Gasteiger partial charge in [-0.1, -0.05) is 60.7 Å². The van der Waals surface area contributed by atoms with Gasteiger partial charge in [0.2, 0.25) is 0 Å². The van der Waals surface area contributed by atoms with Crippen LogP contribution in [0.25, 0.3) is 11.3 Å². The van der Waals surface area contributed by atoms with Gasteiger partial charge in [-0.15, -0.1) is 0 Å². The largest absolute Gasteiger partial charge is 0.464 e. The third-order valence-corrected chi connectivity index (χ3v) is 9.98. The van der Waals surface area contributed by atoms with Crippen molar-refractivity contribution in [3.8, 4) is 11.3 Å². The van der Waals surface area contributed by atoms with E-state index >= 15 is 0 Å². The van der Waals surface area contributed by atoms with Gasteiger partial charge in [-0.3, -0.25) is 4.98 Å². The van der Waals surface area contributed by atoms with E-state index < -0.39 is 15.8 Å². The van der Waals surface area contributed by atoms with Crippen molar-refractivity contribution >= 4 is 48.4 Å². The Bertz CT molecular complexity index is 1400. The summed E-state index contributed by atoms with van der Waals surface area (Å²) in [5.74, 6) is 0.772. The van der Waals surface area contributed by atoms with Crippen molar-refractivity contribution < 1.29 is 13.3 Å². The highest BCUT2D eigenvalue weighted by atomic mass is 31.1. The van der Waals surface area contributed by atoms with E-state index in [-0.39, 0.29) is 0 Å². The molecule has 0 radical (unpaired) electrons. The summed E-state index contributed by atoms with van der Waals surface area (Å²) in [6.07, 6.45) is 5.26. The van der Waals surface area contributed by atoms with Gasteiger partial charge >= 0.3 is 0 Å². The van der Waals surface area contributed by atoms with Crippen LogP contribution in [0.4, 0.5) is 0 Å². The van der Waals surface area contributed by atoms with Gasteiger partial charge in [-0.25, -0.2) is 0 Å². The molecule has 35 heavy (non-hydrogen) atoms. The summed E-state index contributed by atoms with van der Waals surface area (Å²) < 4.78 is 17.8. The third kappa shape index (κ3) is 4.51. The summed E-state index contributed by atoms with van der Waals surface area (Å²) in [6, 6.07) is 37.1. The smallest absolute Gasteiger partial charge is 0.141 e. The van der Waals surface area contributed by atoms with E-state index in [1.165, 1.54) is 10.6 Å². The molecule has 0 spiro atoms. The van der Waals surface area contributed by atoms with Gasteiger partial charge in [0.05, 0.1) is 18.0 Å². The maximum absolute atomic E-state index is 6.32. The molecule has 0 atom stereocenters. The summed E-state index contributed by atoms with van der Waals surface area (Å²) >= 11 is 0. The average Bonchev–Trinajstić information content (AvgIpc) is 3.71. The molecule has 0 saturated heterocycles. The van der Waals surface area contributed by atoms with E-state index in [2.05, 4.69) is 60.7 Å². The Morgan fingerprint density at radius 1 is 0.514 bits per heavy atom. The number of pyridine rings is 1. The van der Waals surface area contributed by atoms with Crippen LogP contribution in [-0.4, -0.2) is 4.98 Å². The van der Waals surface area contributed by atoms with Crippen LogP contribution < -0.4 is 32.5 Å². The lowest BCUT2D eigenvalue weighted by Crippen LogP contribution is -2.22. The number of hydrogen-bond acceptors (Lipinski definition) is 4. The Kier molecular flexibility index (Phi) is 6.15. The lowest BCUT2D eigenvalue weighted by molar-refractivity contribution is 0.588. The fourth-order valence-electron chi connectivity index (χ4n) is 3.95. The highest BCUT2D eigenvalue weighted by molar-refractivity contribution is 7.79. The number of hydrogen-bond donors (Lipinski definition) is 0. The molecule has 6 heteroatoms. The van der Waals surface area contributed by atoms with E-state index in [0.29, 0.717) is 0 Å². The molecule has 0 unspecified atom stereocenters. The number of benzene rings is 2. The van der Waals surface area contributed by atoms with Crippen LogP contribution in [0.5, 0.6) is 0 Å². The molecule has 0 N–H and O–H groups in total. The first-order chi connectivity index (χ1) is 17.4. The van der Waals surface area contributed by atoms with Crippen molar-refractivity contribution in [3.05, 3.63) is 128 Å². The first kappa shape index (κ1) is 21.8. The molecule has 2 aromatic carbocycles. The number of rotatable bonds is 7. The standard InChI is InChI=1S/C29H21NO3P2/c1-3-9-23(10-4-1)34(24-11-5-2-6-12-24)26-17-15-22(21-30-26)25-16-18-29(33-25)35(27-13-7-19-31-27)28-14-8-20-32-28/h1-21H. The predicted octanol–water partition coefficient (Wildman–Crippen LogP) is 5.04. The Labute approximate surface area is 205 Å². The lowest BCUT2D eigenvalue weighted by atomic mass is 10.2. The number of aromatic nitrogens is 1. The normalized spacial score (nSPS) is 11.4. The first-order valence-corrected chi connectivity index (χ1v) is 13.9. The van der Waals surface area contributed by atoms with E-state index in [4.69, 9.17) is 18.2 Å². The van der Waals surface area contributed by atoms with Gasteiger partial charge in [0.15, 0.2) is 0 Å². The van der Waals surface area contributed by atoms with Crippen LogP contribution in [0.3, 0.4) is 0 Å². The van der Waals surface area contributed by atoms with Gasteiger partial charge in [0.25, 0.3) is 0 Å². The van der Waals surface area contributed by atoms with E-state index in [0.717, 1.165) is 33.3 Å². The zero-order chi connectivity index (χ0) is 23.5. The average molecular weight is 493 g/mol. The van der Waals surface area contributed by atoms with E-state index in [9.17, 15) is 0 Å². The first-order valence-electron chi connectivity index (χ1n) is 11.2. The van der Waals surface area contributed by atoms with Crippen molar-refractivity contribution in [1.82, 2.24) is 4.98 Å². The van der Waals surface area contributed by atoms with Crippen LogP contribution in [-0.2, 0) is 0 Å². The molecule has 0 saturated carbocycles. The SMILES string of the molecule is c1ccc(P(c2ccccc2)c2ccc(-c3ccc(P(c4ccco4)c4ccco4)o3)cn2)cc1. The third-order valence-electron chi connectivity index (χ3n) is 5.56. The van der Waals surface area contributed by atoms with Gasteiger partial charge in [-0.05, 0) is 59.1 Å². The fourth-order valence-corrected chi connectivity index (χ4v) is 7.99. The van der Waals surface area contributed by atoms with Crippen molar-refractivity contribution in [2.75, 3.05) is 0 Å². The topological polar surface area (TPSA) is 52.3 Å². The van der Waals surface area contributed by atoms with Crippen molar-refractivity contribution in [2.45, 2.75) is 0 Å². The monoisotopic (exact) mass is 493 g/mol. The molecule has 4 aromatic heterocycles. The molecular weight excluding hydrogens is 472 g/mol. The second-order valence-corrected chi connectivity index (χ2v) is 11.9. The molecule has 0 aliphatic carbocycles. The van der Waals surface area contributed by atoms with Gasteiger partial charge in [0.1, 0.15) is 30.2 Å². The highest BCUT2D eigenvalue weighted by Gasteiger charge is 2.26. The van der Waals surface area contributed by atoms with Crippen LogP contribution in [0.2, 0.25) is 0 Å². The summed E-state index contributed by atoms with van der Waals surface area (Å²) in [5, 5.41) is 2.55. The van der Waals surface area contributed by atoms with Crippen molar-refractivity contribution in [1.29, 1.82) is 0 Å². The van der Waals surface area contributed by atoms with Crippen LogP contribution in [0.1, 0.15) is 0 Å². The molecule has 4 heterocycles. The van der Waals surface area contributed by atoms with Gasteiger partial charge < -0.3 is 13.3 Å². The summed E-state index contributed by atoms with van der Waals surface area (Å²) in [7, 11) is -1.78. The number of nitrogens with zero attached hydrogens (tertiary/aromatic N) is 1. The molecule has 6 aromatic rings. The molecule has 0 amide bonds. The lowest BCUT2D eigenvalue weighted by Gasteiger charge is -2.18. The molecule has 6 rings (SSSR count). The second-order valence-electron chi connectivity index (χ2n) is 7.79. The molecule has 4 nitrogen and oxygen atoms in total. The zero-order valence-corrected chi connectivity index (χ0v) is 20.5. The molecule has 0 aliphatic rings. The highest BCUT2D eigenvalue weighted by Crippen LogP contribution is 2.36. The van der Waals surface area contributed by atoms with E-state index in [1.54, 1.807) is 12.5 Å². The molecule has 0 aliphatic heterocycles. The molecular formula is C29H21NO3P2. The minimum Gasteiger partial charge on any atom is -0.464 e. The number of furan rings is 3. The minimum atomic E-state index is -1.04. The Morgan fingerprint density at radius 2 is 1.14 bits per heavy atom. The molecule has 0 fully saturated rings. The van der Waals surface area contributed by atoms with Crippen molar-refractivity contribution in [3.63, 3.8) is 0 Å². The minimum absolute atomic E-state index is 0.745. The maximum Gasteiger partial charge on any atom is 0.141 e. The summed E-state index contributed by atoms with van der Waals surface area (Å²) in [5.41, 5.74) is 4.48. The van der Waals surface area contributed by atoms with Crippen LogP contribution in [0.15, 0.2) is 141 Å². The predicted molar refractivity (Wildman–Crippen MR) is 144 cm³/mol. The van der Waals surface area contributed by atoms with E-state index in [1.807, 2.05) is 54.7 Å². The maximum atomic E-state index is 6.32. The van der Waals surface area contributed by atoms with Crippen molar-refractivity contribution in [2.24, 2.45) is 0 Å². The quantitative estimate of drug-likeness (QED) is 0.293. The summed E-state index contributed by atoms with van der Waals surface area (Å²) in [6.45, 7) is 0. The Morgan fingerprint density at radius 3 is 1.66 bits per heavy atom. The Balaban J connectivity index is 1.33. The Hall–Kier alpha value is -3.71. The van der Waals surface area contributed by atoms with Gasteiger partial charge in [-0.2, -0.15) is 0 Å². The van der Waals surface area contributed by atoms with Crippen LogP contribution >= 0.6 is 15.8 Å². The second kappa shape index (κ2) is 9.88. The summed E-state index contributed by atoms with van der Waals surface area (Å²) in [4.78, 5) is 4.90.